The number of aromatic nitrogens is 4. The minimum Gasteiger partial charge on any atom is -0.328 e. The van der Waals surface area contributed by atoms with Gasteiger partial charge in [-0.1, -0.05) is 5.16 Å². The van der Waals surface area contributed by atoms with E-state index < -0.39 is 17.5 Å². The highest BCUT2D eigenvalue weighted by atomic mass is 19.1. The highest BCUT2D eigenvalue weighted by Crippen LogP contribution is 2.17. The number of hydrogen-bond acceptors (Lipinski definition) is 6. The fourth-order valence-electron chi connectivity index (χ4n) is 1.60. The first-order valence-electron chi connectivity index (χ1n) is 6.00. The van der Waals surface area contributed by atoms with Crippen LogP contribution in [-0.2, 0) is 0 Å². The van der Waals surface area contributed by atoms with Crippen molar-refractivity contribution in [1.82, 2.24) is 20.1 Å². The van der Waals surface area contributed by atoms with Crippen LogP contribution in [0.25, 0.3) is 11.5 Å². The molecule has 7 nitrogen and oxygen atoms in total. The highest BCUT2D eigenvalue weighted by molar-refractivity contribution is 6.01. The summed E-state index contributed by atoms with van der Waals surface area (Å²) in [6.07, 6.45) is 4.29. The van der Waals surface area contributed by atoms with Gasteiger partial charge in [0, 0.05) is 18.5 Å². The van der Waals surface area contributed by atoms with Gasteiger partial charge in [-0.05, 0) is 12.1 Å². The number of hydrogen-bond donors (Lipinski definition) is 1. The summed E-state index contributed by atoms with van der Waals surface area (Å²) >= 11 is 0. The summed E-state index contributed by atoms with van der Waals surface area (Å²) in [5, 5.41) is 5.79. The van der Waals surface area contributed by atoms with Crippen molar-refractivity contribution in [2.24, 2.45) is 0 Å². The van der Waals surface area contributed by atoms with Crippen LogP contribution in [-0.4, -0.2) is 26.0 Å². The monoisotopic (exact) mass is 303 g/mol. The molecule has 1 amide bonds. The van der Waals surface area contributed by atoms with E-state index in [2.05, 4.69) is 25.4 Å². The van der Waals surface area contributed by atoms with Gasteiger partial charge in [-0.2, -0.15) is 4.98 Å². The van der Waals surface area contributed by atoms with Crippen molar-refractivity contribution in [3.05, 3.63) is 54.3 Å². The highest BCUT2D eigenvalue weighted by Gasteiger charge is 2.18. The van der Waals surface area contributed by atoms with Crippen molar-refractivity contribution >= 4 is 11.6 Å². The van der Waals surface area contributed by atoms with E-state index in [9.17, 15) is 13.6 Å². The molecule has 0 aliphatic carbocycles. The van der Waals surface area contributed by atoms with E-state index in [1.807, 2.05) is 0 Å². The molecule has 0 bridgehead atoms. The van der Waals surface area contributed by atoms with E-state index in [0.717, 1.165) is 12.1 Å². The van der Waals surface area contributed by atoms with Crippen LogP contribution in [0.3, 0.4) is 0 Å². The molecule has 0 atom stereocenters. The molecule has 1 aromatic carbocycles. The second kappa shape index (κ2) is 5.64. The molecule has 0 saturated carbocycles. The first-order chi connectivity index (χ1) is 10.6. The number of anilines is 1. The number of rotatable bonds is 3. The van der Waals surface area contributed by atoms with E-state index in [4.69, 9.17) is 4.52 Å². The van der Waals surface area contributed by atoms with Gasteiger partial charge in [0.2, 0.25) is 5.82 Å². The largest absolute Gasteiger partial charge is 0.328 e. The van der Waals surface area contributed by atoms with E-state index in [1.54, 1.807) is 0 Å². The van der Waals surface area contributed by atoms with Crippen LogP contribution in [0.2, 0.25) is 0 Å². The standard InChI is InChI=1S/C13H7F2N5O2/c14-7-1-2-9(8(15)5-7)18-12(21)13-19-11(20-22-13)10-6-16-3-4-17-10/h1-6H,(H,18,21). The Morgan fingerprint density at radius 2 is 2.09 bits per heavy atom. The molecule has 9 heteroatoms. The Balaban J connectivity index is 1.80. The fraction of sp³-hybridized carbons (Fsp3) is 0. The quantitative estimate of drug-likeness (QED) is 0.796. The maximum Gasteiger partial charge on any atom is 0.316 e. The molecule has 0 radical (unpaired) electrons. The van der Waals surface area contributed by atoms with Crippen LogP contribution in [0.15, 0.2) is 41.3 Å². The smallest absolute Gasteiger partial charge is 0.316 e. The third kappa shape index (κ3) is 2.77. The maximum absolute atomic E-state index is 13.5. The number of amides is 1. The molecular formula is C13H7F2N5O2. The Morgan fingerprint density at radius 1 is 1.23 bits per heavy atom. The average molecular weight is 303 g/mol. The number of nitrogens with zero attached hydrogens (tertiary/aromatic N) is 4. The van der Waals surface area contributed by atoms with Gasteiger partial charge >= 0.3 is 11.8 Å². The minimum atomic E-state index is -0.915. The molecule has 0 unspecified atom stereocenters. The van der Waals surface area contributed by atoms with Gasteiger partial charge in [-0.3, -0.25) is 9.78 Å². The summed E-state index contributed by atoms with van der Waals surface area (Å²) in [4.78, 5) is 23.5. The van der Waals surface area contributed by atoms with Crippen LogP contribution in [0, 0.1) is 11.6 Å². The van der Waals surface area contributed by atoms with E-state index in [0.29, 0.717) is 11.8 Å². The lowest BCUT2D eigenvalue weighted by molar-refractivity contribution is 0.0981. The SMILES string of the molecule is O=C(Nc1ccc(F)cc1F)c1nc(-c2cnccn2)no1. The topological polar surface area (TPSA) is 93.8 Å². The van der Waals surface area contributed by atoms with Gasteiger partial charge in [0.15, 0.2) is 0 Å². The maximum atomic E-state index is 13.5. The molecule has 3 aromatic rings. The van der Waals surface area contributed by atoms with Crippen molar-refractivity contribution in [2.75, 3.05) is 5.32 Å². The third-order valence-electron chi connectivity index (χ3n) is 2.59. The molecular weight excluding hydrogens is 296 g/mol. The number of carbonyl (C=O) groups is 1. The Morgan fingerprint density at radius 3 is 2.82 bits per heavy atom. The average Bonchev–Trinajstić information content (AvgIpc) is 3.01. The second-order valence-corrected chi connectivity index (χ2v) is 4.09. The van der Waals surface area contributed by atoms with Crippen molar-refractivity contribution in [1.29, 1.82) is 0 Å². The van der Waals surface area contributed by atoms with Gasteiger partial charge < -0.3 is 9.84 Å². The fourth-order valence-corrected chi connectivity index (χ4v) is 1.60. The van der Waals surface area contributed by atoms with Gasteiger partial charge in [0.05, 0.1) is 11.9 Å². The van der Waals surface area contributed by atoms with Crippen LogP contribution < -0.4 is 5.32 Å². The zero-order valence-corrected chi connectivity index (χ0v) is 10.8. The molecule has 3 rings (SSSR count). The summed E-state index contributed by atoms with van der Waals surface area (Å²) < 4.78 is 31.0. The Labute approximate surface area is 122 Å². The summed E-state index contributed by atoms with van der Waals surface area (Å²) in [5.74, 6) is -2.81. The molecule has 0 saturated heterocycles. The van der Waals surface area contributed by atoms with Crippen LogP contribution in [0.4, 0.5) is 14.5 Å². The molecule has 0 fully saturated rings. The predicted molar refractivity (Wildman–Crippen MR) is 69.6 cm³/mol. The summed E-state index contributed by atoms with van der Waals surface area (Å²) in [6.45, 7) is 0. The molecule has 0 spiro atoms. The number of benzene rings is 1. The normalized spacial score (nSPS) is 10.5. The Bertz CT molecular complexity index is 822. The third-order valence-corrected chi connectivity index (χ3v) is 2.59. The first-order valence-corrected chi connectivity index (χ1v) is 6.00. The lowest BCUT2D eigenvalue weighted by Gasteiger charge is -2.03. The zero-order chi connectivity index (χ0) is 15.5. The van der Waals surface area contributed by atoms with Crippen LogP contribution in [0.5, 0.6) is 0 Å². The van der Waals surface area contributed by atoms with Gasteiger partial charge in [0.1, 0.15) is 17.3 Å². The van der Waals surface area contributed by atoms with Crippen molar-refractivity contribution in [2.45, 2.75) is 0 Å². The lowest BCUT2D eigenvalue weighted by atomic mass is 10.3. The van der Waals surface area contributed by atoms with Crippen molar-refractivity contribution < 1.29 is 18.1 Å². The molecule has 2 heterocycles. The van der Waals surface area contributed by atoms with E-state index in [1.165, 1.54) is 18.6 Å². The Kier molecular flexibility index (Phi) is 3.52. The first kappa shape index (κ1) is 13.7. The predicted octanol–water partition coefficient (Wildman–Crippen LogP) is 2.06. The summed E-state index contributed by atoms with van der Waals surface area (Å²) in [7, 11) is 0. The van der Waals surface area contributed by atoms with Crippen molar-refractivity contribution in [3.8, 4) is 11.5 Å². The van der Waals surface area contributed by atoms with Crippen LogP contribution in [0.1, 0.15) is 10.7 Å². The minimum absolute atomic E-state index is 0.0674. The molecule has 110 valence electrons. The molecule has 0 aliphatic rings. The van der Waals surface area contributed by atoms with Gasteiger partial charge in [0.25, 0.3) is 0 Å². The summed E-state index contributed by atoms with van der Waals surface area (Å²) in [6, 6.07) is 2.74. The molecule has 0 aliphatic heterocycles. The van der Waals surface area contributed by atoms with Gasteiger partial charge in [-0.15, -0.1) is 0 Å². The van der Waals surface area contributed by atoms with E-state index in [-0.39, 0.29) is 17.4 Å². The second-order valence-electron chi connectivity index (χ2n) is 4.09. The van der Waals surface area contributed by atoms with E-state index >= 15 is 0 Å². The van der Waals surface area contributed by atoms with Crippen molar-refractivity contribution in [3.63, 3.8) is 0 Å². The Hall–Kier alpha value is -3.23. The number of nitrogens with one attached hydrogen (secondary N) is 1. The number of carbonyl (C=O) groups excluding carboxylic acids is 1. The summed E-state index contributed by atoms with van der Waals surface area (Å²) in [5.41, 5.74) is 0.115. The number of halogens is 2. The lowest BCUT2D eigenvalue weighted by Crippen LogP contribution is -2.13. The van der Waals surface area contributed by atoms with Crippen LogP contribution >= 0.6 is 0 Å². The molecule has 22 heavy (non-hydrogen) atoms. The van der Waals surface area contributed by atoms with Gasteiger partial charge in [-0.25, -0.2) is 13.8 Å². The molecule has 2 aromatic heterocycles. The zero-order valence-electron chi connectivity index (χ0n) is 10.8. The molecule has 1 N–H and O–H groups in total.